The van der Waals surface area contributed by atoms with Gasteiger partial charge >= 0.3 is 0 Å². The summed E-state index contributed by atoms with van der Waals surface area (Å²) in [4.78, 5) is 28.1. The predicted molar refractivity (Wildman–Crippen MR) is 106 cm³/mol. The number of nitrogens with zero attached hydrogens (tertiary/aromatic N) is 1. The Balaban J connectivity index is 2.08. The average molecular weight is 410 g/mol. The topological polar surface area (TPSA) is 61.4 Å². The Morgan fingerprint density at radius 2 is 1.75 bits per heavy atom. The van der Waals surface area contributed by atoms with Crippen LogP contribution >= 0.6 is 11.3 Å². The third-order valence-corrected chi connectivity index (χ3v) is 5.36. The zero-order chi connectivity index (χ0) is 20.8. The molecule has 152 valence electrons. The maximum atomic E-state index is 13.8. The highest BCUT2D eigenvalue weighted by molar-refractivity contribution is 7.10. The molecule has 0 spiro atoms. The number of amides is 2. The molecule has 1 heterocycles. The molecule has 0 saturated carbocycles. The molecular weight excluding hydrogens is 384 g/mol. The van der Waals surface area contributed by atoms with Crippen molar-refractivity contribution in [2.75, 3.05) is 20.6 Å². The monoisotopic (exact) mass is 409 g/mol. The van der Waals surface area contributed by atoms with Crippen LogP contribution in [0.1, 0.15) is 35.1 Å². The number of benzene rings is 1. The van der Waals surface area contributed by atoms with E-state index in [0.29, 0.717) is 6.54 Å². The van der Waals surface area contributed by atoms with E-state index in [-0.39, 0.29) is 12.0 Å². The minimum absolute atomic E-state index is 0.0172. The molecule has 0 radical (unpaired) electrons. The summed E-state index contributed by atoms with van der Waals surface area (Å²) in [5.74, 6) is -3.55. The third kappa shape index (κ3) is 5.36. The van der Waals surface area contributed by atoms with Gasteiger partial charge in [0.05, 0.1) is 6.04 Å². The Morgan fingerprint density at radius 1 is 1.11 bits per heavy atom. The Labute approximate surface area is 167 Å². The van der Waals surface area contributed by atoms with Gasteiger partial charge in [-0.15, -0.1) is 11.3 Å². The summed E-state index contributed by atoms with van der Waals surface area (Å²) in [5, 5.41) is 7.27. The molecule has 1 aromatic carbocycles. The van der Waals surface area contributed by atoms with E-state index in [0.717, 1.165) is 17.0 Å². The molecule has 0 aliphatic carbocycles. The Hall–Kier alpha value is -2.32. The molecule has 0 fully saturated rings. The van der Waals surface area contributed by atoms with E-state index in [1.54, 1.807) is 25.2 Å². The molecule has 2 rings (SSSR count). The fraction of sp³-hybridized carbons (Fsp3) is 0.400. The zero-order valence-electron chi connectivity index (χ0n) is 16.3. The quantitative estimate of drug-likeness (QED) is 0.704. The molecule has 0 saturated heterocycles. The number of hydrogen-bond donors (Lipinski definition) is 2. The van der Waals surface area contributed by atoms with Gasteiger partial charge in [-0.3, -0.25) is 9.59 Å². The van der Waals surface area contributed by atoms with Gasteiger partial charge < -0.3 is 15.5 Å². The first kappa shape index (κ1) is 22.0. The van der Waals surface area contributed by atoms with Crippen LogP contribution in [-0.2, 0) is 4.79 Å². The molecule has 28 heavy (non-hydrogen) atoms. The van der Waals surface area contributed by atoms with Crippen LogP contribution in [0.15, 0.2) is 35.7 Å². The summed E-state index contributed by atoms with van der Waals surface area (Å²) in [7, 11) is 3.83. The molecule has 0 aliphatic heterocycles. The van der Waals surface area contributed by atoms with Gasteiger partial charge in [0.15, 0.2) is 0 Å². The van der Waals surface area contributed by atoms with Crippen LogP contribution in [0, 0.1) is 17.6 Å². The fourth-order valence-electron chi connectivity index (χ4n) is 2.79. The highest BCUT2D eigenvalue weighted by Crippen LogP contribution is 2.22. The first-order valence-electron chi connectivity index (χ1n) is 8.94. The minimum atomic E-state index is -0.967. The first-order chi connectivity index (χ1) is 13.2. The van der Waals surface area contributed by atoms with Crippen molar-refractivity contribution in [2.24, 2.45) is 5.92 Å². The van der Waals surface area contributed by atoms with Crippen molar-refractivity contribution < 1.29 is 18.4 Å². The van der Waals surface area contributed by atoms with Crippen molar-refractivity contribution in [3.05, 3.63) is 57.8 Å². The van der Waals surface area contributed by atoms with E-state index >= 15 is 0 Å². The van der Waals surface area contributed by atoms with Crippen molar-refractivity contribution in [1.29, 1.82) is 0 Å². The van der Waals surface area contributed by atoms with Crippen molar-refractivity contribution in [1.82, 2.24) is 15.5 Å². The van der Waals surface area contributed by atoms with Gasteiger partial charge in [0, 0.05) is 11.4 Å². The third-order valence-electron chi connectivity index (χ3n) is 4.39. The van der Waals surface area contributed by atoms with E-state index in [2.05, 4.69) is 10.6 Å². The van der Waals surface area contributed by atoms with E-state index in [1.165, 1.54) is 6.07 Å². The number of carbonyl (C=O) groups is 2. The van der Waals surface area contributed by atoms with Gasteiger partial charge in [-0.1, -0.05) is 26.0 Å². The van der Waals surface area contributed by atoms with Crippen LogP contribution < -0.4 is 10.6 Å². The number of hydrogen-bond acceptors (Lipinski definition) is 4. The molecule has 1 aromatic heterocycles. The number of carbonyl (C=O) groups excluding carboxylic acids is 2. The van der Waals surface area contributed by atoms with Crippen molar-refractivity contribution in [3.63, 3.8) is 0 Å². The molecule has 8 heteroatoms. The molecule has 2 N–H and O–H groups in total. The molecule has 0 aliphatic rings. The maximum Gasteiger partial charge on any atom is 0.257 e. The maximum absolute atomic E-state index is 13.8. The summed E-state index contributed by atoms with van der Waals surface area (Å²) in [6, 6.07) is 6.19. The SMILES string of the molecule is CC(C)[C@@H](NC(=O)c1c(F)cccc1F)C(=O)NC[C@H](c1cccs1)N(C)C. The van der Waals surface area contributed by atoms with E-state index in [9.17, 15) is 18.4 Å². The normalized spacial score (nSPS) is 13.4. The van der Waals surface area contributed by atoms with E-state index < -0.39 is 35.1 Å². The summed E-state index contributed by atoms with van der Waals surface area (Å²) in [5.41, 5.74) is -0.689. The van der Waals surface area contributed by atoms with Crippen LogP contribution in [0.5, 0.6) is 0 Å². The van der Waals surface area contributed by atoms with Crippen LogP contribution in [0.3, 0.4) is 0 Å². The summed E-state index contributed by atoms with van der Waals surface area (Å²) >= 11 is 1.59. The highest BCUT2D eigenvalue weighted by Gasteiger charge is 2.28. The molecule has 0 unspecified atom stereocenters. The van der Waals surface area contributed by atoms with Gasteiger partial charge in [0.1, 0.15) is 23.2 Å². The largest absolute Gasteiger partial charge is 0.352 e. The highest BCUT2D eigenvalue weighted by atomic mass is 32.1. The van der Waals surface area contributed by atoms with Crippen LogP contribution in [-0.4, -0.2) is 43.4 Å². The summed E-state index contributed by atoms with van der Waals surface area (Å²) in [6.07, 6.45) is 0. The van der Waals surface area contributed by atoms with Crippen molar-refractivity contribution in [2.45, 2.75) is 25.9 Å². The van der Waals surface area contributed by atoms with Gasteiger partial charge in [0.2, 0.25) is 5.91 Å². The number of thiophene rings is 1. The van der Waals surface area contributed by atoms with E-state index in [1.807, 2.05) is 36.5 Å². The number of rotatable bonds is 8. The fourth-order valence-corrected chi connectivity index (χ4v) is 3.71. The minimum Gasteiger partial charge on any atom is -0.352 e. The Morgan fingerprint density at radius 3 is 2.25 bits per heavy atom. The number of halogens is 2. The standard InChI is InChI=1S/C20H25F2N3O2S/c1-12(2)18(24-19(26)17-13(21)7-5-8-14(17)22)20(27)23-11-15(25(3)4)16-9-6-10-28-16/h5-10,12,15,18H,11H2,1-4H3,(H,23,27)(H,24,26)/t15-,18-/m1/s1. The van der Waals surface area contributed by atoms with Crippen LogP contribution in [0.25, 0.3) is 0 Å². The predicted octanol–water partition coefficient (Wildman–Crippen LogP) is 3.20. The zero-order valence-corrected chi connectivity index (χ0v) is 17.1. The average Bonchev–Trinajstić information content (AvgIpc) is 3.13. The molecule has 2 amide bonds. The second kappa shape index (κ2) is 9.75. The molecule has 2 aromatic rings. The molecular formula is C20H25F2N3O2S. The van der Waals surface area contributed by atoms with Crippen LogP contribution in [0.2, 0.25) is 0 Å². The Kier molecular flexibility index (Phi) is 7.65. The lowest BCUT2D eigenvalue weighted by atomic mass is 10.0. The van der Waals surface area contributed by atoms with Gasteiger partial charge in [0.25, 0.3) is 5.91 Å². The van der Waals surface area contributed by atoms with E-state index in [4.69, 9.17) is 0 Å². The van der Waals surface area contributed by atoms with Crippen LogP contribution in [0.4, 0.5) is 8.78 Å². The van der Waals surface area contributed by atoms with Gasteiger partial charge in [-0.2, -0.15) is 0 Å². The van der Waals surface area contributed by atoms with Gasteiger partial charge in [-0.05, 0) is 43.6 Å². The summed E-state index contributed by atoms with van der Waals surface area (Å²) < 4.78 is 27.7. The number of nitrogens with one attached hydrogen (secondary N) is 2. The Bertz CT molecular complexity index is 790. The molecule has 5 nitrogen and oxygen atoms in total. The van der Waals surface area contributed by atoms with Crippen molar-refractivity contribution >= 4 is 23.2 Å². The lowest BCUT2D eigenvalue weighted by molar-refractivity contribution is -0.124. The second-order valence-electron chi connectivity index (χ2n) is 7.03. The molecule has 2 atom stereocenters. The molecule has 0 bridgehead atoms. The lowest BCUT2D eigenvalue weighted by Crippen LogP contribution is -2.51. The lowest BCUT2D eigenvalue weighted by Gasteiger charge is -2.26. The second-order valence-corrected chi connectivity index (χ2v) is 8.01. The van der Waals surface area contributed by atoms with Crippen molar-refractivity contribution in [3.8, 4) is 0 Å². The smallest absolute Gasteiger partial charge is 0.257 e. The number of likely N-dealkylation sites (N-methyl/N-ethyl adjacent to an activating group) is 1. The summed E-state index contributed by atoms with van der Waals surface area (Å²) in [6.45, 7) is 3.86. The van der Waals surface area contributed by atoms with Gasteiger partial charge in [-0.25, -0.2) is 8.78 Å². The first-order valence-corrected chi connectivity index (χ1v) is 9.82.